The number of rotatable bonds is 9. The minimum atomic E-state index is -4.46. The number of terminal acetylenes is 1. The molecule has 0 unspecified atom stereocenters. The second-order valence-corrected chi connectivity index (χ2v) is 9.87. The molecular formula is C29H27F3N6O2. The average molecular weight is 549 g/mol. The van der Waals surface area contributed by atoms with Crippen molar-refractivity contribution in [1.29, 1.82) is 0 Å². The van der Waals surface area contributed by atoms with Crippen molar-refractivity contribution in [2.75, 3.05) is 10.6 Å². The van der Waals surface area contributed by atoms with E-state index in [1.54, 1.807) is 4.57 Å². The lowest BCUT2D eigenvalue weighted by Crippen LogP contribution is -2.31. The number of nitrogens with one attached hydrogen (secondary N) is 2. The lowest BCUT2D eigenvalue weighted by Gasteiger charge is -2.32. The summed E-state index contributed by atoms with van der Waals surface area (Å²) in [7, 11) is 0. The van der Waals surface area contributed by atoms with Crippen LogP contribution in [0.15, 0.2) is 54.6 Å². The maximum atomic E-state index is 13.2. The molecule has 2 aromatic carbocycles. The van der Waals surface area contributed by atoms with E-state index in [1.807, 2.05) is 37.3 Å². The number of hydrogen-bond acceptors (Lipinski definition) is 6. The smallest absolute Gasteiger partial charge is 0.416 e. The highest BCUT2D eigenvalue weighted by atomic mass is 19.4. The second kappa shape index (κ2) is 10.9. The number of carbonyl (C=O) groups is 1. The number of carboxylic acids is 1. The van der Waals surface area contributed by atoms with Gasteiger partial charge in [0.25, 0.3) is 0 Å². The molecule has 40 heavy (non-hydrogen) atoms. The molecule has 1 saturated carbocycles. The van der Waals surface area contributed by atoms with Gasteiger partial charge >= 0.3 is 12.1 Å². The van der Waals surface area contributed by atoms with Gasteiger partial charge in [-0.05, 0) is 48.9 Å². The molecule has 2 heterocycles. The van der Waals surface area contributed by atoms with E-state index in [-0.39, 0.29) is 30.0 Å². The Hall–Kier alpha value is -4.59. The van der Waals surface area contributed by atoms with Crippen LogP contribution in [-0.2, 0) is 12.7 Å². The molecule has 2 atom stereocenters. The number of benzene rings is 2. The minimum absolute atomic E-state index is 0.00194. The van der Waals surface area contributed by atoms with Crippen molar-refractivity contribution in [1.82, 2.24) is 19.5 Å². The summed E-state index contributed by atoms with van der Waals surface area (Å²) in [6.07, 6.45) is 4.61. The van der Waals surface area contributed by atoms with Crippen molar-refractivity contribution < 1.29 is 23.1 Å². The Kier molecular flexibility index (Phi) is 7.34. The lowest BCUT2D eigenvalue weighted by molar-refractivity contribution is -0.137. The summed E-state index contributed by atoms with van der Waals surface area (Å²) in [4.78, 5) is 24.9. The minimum Gasteiger partial charge on any atom is -0.475 e. The number of carboxylic acid groups (broad SMARTS) is 1. The quantitative estimate of drug-likeness (QED) is 0.221. The molecule has 0 saturated heterocycles. The molecule has 2 aromatic heterocycles. The zero-order chi connectivity index (χ0) is 28.4. The van der Waals surface area contributed by atoms with Crippen LogP contribution in [0, 0.1) is 18.3 Å². The van der Waals surface area contributed by atoms with Gasteiger partial charge < -0.3 is 20.3 Å². The first-order valence-corrected chi connectivity index (χ1v) is 12.9. The van der Waals surface area contributed by atoms with Crippen molar-refractivity contribution in [3.8, 4) is 12.3 Å². The fourth-order valence-corrected chi connectivity index (χ4v) is 4.75. The fraction of sp³-hybridized carbons (Fsp3) is 0.310. The highest BCUT2D eigenvalue weighted by molar-refractivity contribution is 5.91. The van der Waals surface area contributed by atoms with E-state index in [4.69, 9.17) is 6.42 Å². The topological polar surface area (TPSA) is 105 Å². The van der Waals surface area contributed by atoms with Crippen molar-refractivity contribution in [2.45, 2.75) is 51.0 Å². The lowest BCUT2D eigenvalue weighted by atomic mass is 9.80. The van der Waals surface area contributed by atoms with Gasteiger partial charge in [0.05, 0.1) is 12.1 Å². The monoisotopic (exact) mass is 548 g/mol. The molecule has 206 valence electrons. The number of nitrogens with zero attached hydrogens (tertiary/aromatic N) is 4. The Morgan fingerprint density at radius 1 is 1.10 bits per heavy atom. The number of anilines is 2. The number of hydrogen-bond donors (Lipinski definition) is 3. The van der Waals surface area contributed by atoms with Crippen molar-refractivity contribution in [3.63, 3.8) is 0 Å². The van der Waals surface area contributed by atoms with Gasteiger partial charge in [0.2, 0.25) is 11.8 Å². The number of imidazole rings is 1. The number of aromatic carboxylic acids is 1. The fourth-order valence-electron chi connectivity index (χ4n) is 4.75. The molecule has 0 spiro atoms. The summed E-state index contributed by atoms with van der Waals surface area (Å²) in [5, 5.41) is 16.3. The zero-order valence-corrected chi connectivity index (χ0v) is 21.6. The maximum absolute atomic E-state index is 13.2. The molecule has 1 aliphatic rings. The van der Waals surface area contributed by atoms with E-state index in [9.17, 15) is 23.1 Å². The molecule has 8 nitrogen and oxygen atoms in total. The van der Waals surface area contributed by atoms with Crippen LogP contribution in [0.1, 0.15) is 59.5 Å². The number of aromatic nitrogens is 4. The Morgan fingerprint density at radius 2 is 1.80 bits per heavy atom. The van der Waals surface area contributed by atoms with Gasteiger partial charge in [0.15, 0.2) is 11.5 Å². The van der Waals surface area contributed by atoms with Gasteiger partial charge in [-0.2, -0.15) is 18.2 Å². The van der Waals surface area contributed by atoms with Gasteiger partial charge in [-0.3, -0.25) is 0 Å². The van der Waals surface area contributed by atoms with Gasteiger partial charge in [0, 0.05) is 6.04 Å². The maximum Gasteiger partial charge on any atom is 0.416 e. The van der Waals surface area contributed by atoms with Crippen LogP contribution in [0.25, 0.3) is 11.2 Å². The molecule has 5 rings (SSSR count). The van der Waals surface area contributed by atoms with Gasteiger partial charge in [-0.15, -0.1) is 6.42 Å². The SMILES string of the molecule is C#C[C@H](Nc1nc2nc(C(=O)O)nc(N[C@H](C)C3CCC3)c2n1Cc1ccc(C(F)(F)F)cc1)c1ccccc1. The highest BCUT2D eigenvalue weighted by Gasteiger charge is 2.30. The van der Waals surface area contributed by atoms with E-state index in [0.717, 1.165) is 37.0 Å². The molecule has 1 fully saturated rings. The van der Waals surface area contributed by atoms with E-state index in [1.165, 1.54) is 12.1 Å². The first-order valence-electron chi connectivity index (χ1n) is 12.9. The van der Waals surface area contributed by atoms with E-state index >= 15 is 0 Å². The molecule has 3 N–H and O–H groups in total. The molecular weight excluding hydrogens is 521 g/mol. The summed E-state index contributed by atoms with van der Waals surface area (Å²) in [5.74, 6) is 1.94. The first-order chi connectivity index (χ1) is 19.1. The summed E-state index contributed by atoms with van der Waals surface area (Å²) in [5.41, 5.74) is 1.14. The Balaban J connectivity index is 1.63. The van der Waals surface area contributed by atoms with Crippen molar-refractivity contribution >= 4 is 28.9 Å². The van der Waals surface area contributed by atoms with Gasteiger partial charge in [-0.25, -0.2) is 14.8 Å². The third kappa shape index (κ3) is 5.57. The molecule has 0 amide bonds. The molecule has 4 aromatic rings. The predicted molar refractivity (Wildman–Crippen MR) is 145 cm³/mol. The number of halogens is 3. The van der Waals surface area contributed by atoms with E-state index in [0.29, 0.717) is 17.0 Å². The summed E-state index contributed by atoms with van der Waals surface area (Å²) >= 11 is 0. The van der Waals surface area contributed by atoms with Crippen LogP contribution in [0.4, 0.5) is 24.9 Å². The van der Waals surface area contributed by atoms with Crippen LogP contribution < -0.4 is 10.6 Å². The van der Waals surface area contributed by atoms with Crippen LogP contribution >= 0.6 is 0 Å². The van der Waals surface area contributed by atoms with E-state index in [2.05, 4.69) is 31.5 Å². The summed E-state index contributed by atoms with van der Waals surface area (Å²) in [6.45, 7) is 2.11. The molecule has 0 radical (unpaired) electrons. The largest absolute Gasteiger partial charge is 0.475 e. The predicted octanol–water partition coefficient (Wildman–Crippen LogP) is 5.98. The van der Waals surface area contributed by atoms with E-state index < -0.39 is 29.6 Å². The van der Waals surface area contributed by atoms with Gasteiger partial charge in [0.1, 0.15) is 11.6 Å². The molecule has 1 aliphatic carbocycles. The summed E-state index contributed by atoms with van der Waals surface area (Å²) < 4.78 is 41.2. The summed E-state index contributed by atoms with van der Waals surface area (Å²) in [6, 6.07) is 13.5. The third-order valence-electron chi connectivity index (χ3n) is 7.21. The number of alkyl halides is 3. The van der Waals surface area contributed by atoms with Crippen LogP contribution in [0.3, 0.4) is 0 Å². The Morgan fingerprint density at radius 3 is 2.38 bits per heavy atom. The average Bonchev–Trinajstić information content (AvgIpc) is 3.23. The van der Waals surface area contributed by atoms with Crippen LogP contribution in [-0.4, -0.2) is 36.6 Å². The highest BCUT2D eigenvalue weighted by Crippen LogP contribution is 2.34. The first kappa shape index (κ1) is 27.0. The molecule has 0 aliphatic heterocycles. The zero-order valence-electron chi connectivity index (χ0n) is 21.6. The van der Waals surface area contributed by atoms with Gasteiger partial charge in [-0.1, -0.05) is 54.8 Å². The molecule has 11 heteroatoms. The van der Waals surface area contributed by atoms with Crippen molar-refractivity contribution in [3.05, 3.63) is 77.1 Å². The Labute approximate surface area is 228 Å². The molecule has 0 bridgehead atoms. The van der Waals surface area contributed by atoms with Crippen LogP contribution in [0.5, 0.6) is 0 Å². The standard InChI is InChI=1S/C29H27F3N6O2/c1-3-22(20-8-5-4-6-9-20)34-28-37-25-23(38(28)16-18-12-14-21(15-13-18)29(30,31)32)24(35-26(36-25)27(39)40)33-17(2)19-10-7-11-19/h1,4-6,8-9,12-15,17,19,22H,7,10-11,16H2,2H3,(H,39,40)(H2,33,34,35,36,37)/t17-,22+/m1/s1. The normalized spacial score (nSPS) is 15.2. The Bertz CT molecular complexity index is 1560. The van der Waals surface area contributed by atoms with Crippen LogP contribution in [0.2, 0.25) is 0 Å². The van der Waals surface area contributed by atoms with Crippen molar-refractivity contribution in [2.24, 2.45) is 5.92 Å². The number of fused-ring (bicyclic) bond motifs is 1. The third-order valence-corrected chi connectivity index (χ3v) is 7.21. The second-order valence-electron chi connectivity index (χ2n) is 9.87.